The van der Waals surface area contributed by atoms with Crippen LogP contribution in [0.25, 0.3) is 10.8 Å². The van der Waals surface area contributed by atoms with Gasteiger partial charge in [0.2, 0.25) is 0 Å². The highest BCUT2D eigenvalue weighted by atomic mass is 16.1. The Morgan fingerprint density at radius 3 is 2.42 bits per heavy atom. The third kappa shape index (κ3) is 2.81. The van der Waals surface area contributed by atoms with Crippen LogP contribution in [0.4, 0.5) is 0 Å². The average Bonchev–Trinajstić information content (AvgIpc) is 2.68. The van der Waals surface area contributed by atoms with Gasteiger partial charge in [-0.2, -0.15) is 0 Å². The van der Waals surface area contributed by atoms with Crippen LogP contribution in [0.3, 0.4) is 0 Å². The van der Waals surface area contributed by atoms with E-state index in [-0.39, 0.29) is 11.7 Å². The molecule has 1 unspecified atom stereocenters. The molecule has 0 saturated carbocycles. The van der Waals surface area contributed by atoms with Crippen molar-refractivity contribution in [2.45, 2.75) is 0 Å². The largest absolute Gasteiger partial charge is 0.369 e. The monoisotopic (exact) mass is 314 g/mol. The minimum atomic E-state index is -0.112. The summed E-state index contributed by atoms with van der Waals surface area (Å²) in [6.07, 6.45) is 0. The Labute approximate surface area is 141 Å². The molecule has 1 aliphatic rings. The van der Waals surface area contributed by atoms with Gasteiger partial charge in [0.25, 0.3) is 0 Å². The molecule has 1 aliphatic heterocycles. The van der Waals surface area contributed by atoms with Crippen LogP contribution in [0.1, 0.15) is 15.9 Å². The number of hydrogen-bond acceptors (Lipinski definition) is 3. The van der Waals surface area contributed by atoms with Crippen LogP contribution in [0.2, 0.25) is 0 Å². The maximum absolute atomic E-state index is 12.8. The third-order valence-corrected chi connectivity index (χ3v) is 4.44. The molecule has 0 saturated heterocycles. The summed E-state index contributed by atoms with van der Waals surface area (Å²) in [5.41, 5.74) is 1.83. The van der Waals surface area contributed by atoms with E-state index in [9.17, 15) is 4.79 Å². The first-order valence-corrected chi connectivity index (χ1v) is 8.18. The molecule has 1 N–H and O–H groups in total. The van der Waals surface area contributed by atoms with E-state index in [0.29, 0.717) is 13.1 Å². The highest BCUT2D eigenvalue weighted by Gasteiger charge is 2.24. The summed E-state index contributed by atoms with van der Waals surface area (Å²) < 4.78 is 0. The summed E-state index contributed by atoms with van der Waals surface area (Å²) in [6.45, 7) is 1.16. The molecule has 3 heteroatoms. The van der Waals surface area contributed by atoms with Crippen LogP contribution < -0.4 is 5.32 Å². The summed E-state index contributed by atoms with van der Waals surface area (Å²) in [5, 5.41) is 5.55. The second kappa shape index (κ2) is 6.28. The fraction of sp³-hybridized carbons (Fsp3) is 0.143. The van der Waals surface area contributed by atoms with Crippen molar-refractivity contribution in [2.24, 2.45) is 10.9 Å². The summed E-state index contributed by atoms with van der Waals surface area (Å²) in [5.74, 6) is 0.918. The second-order valence-corrected chi connectivity index (χ2v) is 6.06. The quantitative estimate of drug-likeness (QED) is 0.749. The molecule has 1 atom stereocenters. The van der Waals surface area contributed by atoms with E-state index in [1.54, 1.807) is 0 Å². The molecule has 0 amide bonds. The fourth-order valence-electron chi connectivity index (χ4n) is 3.09. The molecular weight excluding hydrogens is 296 g/mol. The van der Waals surface area contributed by atoms with E-state index >= 15 is 0 Å². The van der Waals surface area contributed by atoms with Crippen LogP contribution in [0.15, 0.2) is 77.8 Å². The zero-order chi connectivity index (χ0) is 16.4. The lowest BCUT2D eigenvalue weighted by Crippen LogP contribution is -2.39. The number of aliphatic imine (C=N–C) groups is 1. The van der Waals surface area contributed by atoms with Crippen molar-refractivity contribution >= 4 is 22.4 Å². The van der Waals surface area contributed by atoms with Crippen LogP contribution in [-0.4, -0.2) is 24.7 Å². The van der Waals surface area contributed by atoms with Crippen molar-refractivity contribution in [3.63, 3.8) is 0 Å². The fourth-order valence-corrected chi connectivity index (χ4v) is 3.09. The second-order valence-electron chi connectivity index (χ2n) is 6.06. The number of nitrogens with zero attached hydrogens (tertiary/aromatic N) is 1. The lowest BCUT2D eigenvalue weighted by molar-refractivity contribution is 0.0924. The minimum absolute atomic E-state index is 0.112. The van der Waals surface area contributed by atoms with Gasteiger partial charge in [-0.1, -0.05) is 66.7 Å². The van der Waals surface area contributed by atoms with E-state index in [4.69, 9.17) is 0 Å². The average molecular weight is 314 g/mol. The summed E-state index contributed by atoms with van der Waals surface area (Å²) >= 11 is 0. The van der Waals surface area contributed by atoms with Gasteiger partial charge in [0.15, 0.2) is 5.78 Å². The Kier molecular flexibility index (Phi) is 3.83. The maximum Gasteiger partial charge on any atom is 0.169 e. The molecule has 0 aliphatic carbocycles. The van der Waals surface area contributed by atoms with Crippen molar-refractivity contribution < 1.29 is 4.79 Å². The number of nitrogens with one attached hydrogen (secondary N) is 1. The molecule has 4 rings (SSSR count). The normalized spacial score (nSPS) is 17.2. The van der Waals surface area contributed by atoms with E-state index in [2.05, 4.69) is 16.4 Å². The standard InChI is InChI=1S/C21H18N2O/c24-20(18-11-10-15-6-4-5-9-17(15)12-18)19-13-22-21(23-14-19)16-7-2-1-3-8-16/h1-12,19H,13-14H2,(H,22,23). The third-order valence-electron chi connectivity index (χ3n) is 4.44. The van der Waals surface area contributed by atoms with Crippen molar-refractivity contribution in [3.8, 4) is 0 Å². The number of carbonyl (C=O) groups is 1. The molecule has 3 aromatic carbocycles. The molecule has 0 fully saturated rings. The van der Waals surface area contributed by atoms with Gasteiger partial charge in [-0.25, -0.2) is 0 Å². The molecular formula is C21H18N2O. The molecule has 1 heterocycles. The summed E-state index contributed by atoms with van der Waals surface area (Å²) in [7, 11) is 0. The Morgan fingerprint density at radius 2 is 1.67 bits per heavy atom. The number of hydrogen-bond donors (Lipinski definition) is 1. The van der Waals surface area contributed by atoms with Gasteiger partial charge in [-0.3, -0.25) is 9.79 Å². The van der Waals surface area contributed by atoms with Crippen molar-refractivity contribution in [1.82, 2.24) is 5.32 Å². The molecule has 0 spiro atoms. The number of carbonyl (C=O) groups excluding carboxylic acids is 1. The lowest BCUT2D eigenvalue weighted by Gasteiger charge is -2.22. The van der Waals surface area contributed by atoms with E-state index in [1.807, 2.05) is 66.7 Å². The van der Waals surface area contributed by atoms with Gasteiger partial charge in [0, 0.05) is 17.7 Å². The van der Waals surface area contributed by atoms with Crippen LogP contribution in [0.5, 0.6) is 0 Å². The first-order valence-electron chi connectivity index (χ1n) is 8.18. The van der Waals surface area contributed by atoms with Crippen molar-refractivity contribution in [1.29, 1.82) is 0 Å². The van der Waals surface area contributed by atoms with Gasteiger partial charge in [0.05, 0.1) is 12.5 Å². The van der Waals surface area contributed by atoms with Gasteiger partial charge in [0.1, 0.15) is 5.84 Å². The van der Waals surface area contributed by atoms with Gasteiger partial charge in [-0.15, -0.1) is 0 Å². The Bertz CT molecular complexity index is 915. The van der Waals surface area contributed by atoms with Crippen LogP contribution in [0, 0.1) is 5.92 Å². The van der Waals surface area contributed by atoms with Gasteiger partial charge in [-0.05, 0) is 16.8 Å². The molecule has 3 nitrogen and oxygen atoms in total. The van der Waals surface area contributed by atoms with Gasteiger partial charge < -0.3 is 5.32 Å². The first kappa shape index (κ1) is 14.6. The Morgan fingerprint density at radius 1 is 0.917 bits per heavy atom. The predicted molar refractivity (Wildman–Crippen MR) is 97.6 cm³/mol. The molecule has 0 aromatic heterocycles. The van der Waals surface area contributed by atoms with Crippen molar-refractivity contribution in [3.05, 3.63) is 83.9 Å². The van der Waals surface area contributed by atoms with E-state index in [0.717, 1.165) is 27.7 Å². The number of fused-ring (bicyclic) bond motifs is 1. The molecule has 118 valence electrons. The zero-order valence-corrected chi connectivity index (χ0v) is 13.3. The molecule has 24 heavy (non-hydrogen) atoms. The smallest absolute Gasteiger partial charge is 0.169 e. The number of ketones is 1. The van der Waals surface area contributed by atoms with Crippen LogP contribution >= 0.6 is 0 Å². The number of amidine groups is 1. The Balaban J connectivity index is 1.54. The maximum atomic E-state index is 12.8. The van der Waals surface area contributed by atoms with E-state index < -0.39 is 0 Å². The van der Waals surface area contributed by atoms with Crippen molar-refractivity contribution in [2.75, 3.05) is 13.1 Å². The first-order chi connectivity index (χ1) is 11.8. The lowest BCUT2D eigenvalue weighted by atomic mass is 9.94. The molecule has 0 bridgehead atoms. The Hall–Kier alpha value is -2.94. The SMILES string of the molecule is O=C(c1ccc2ccccc2c1)C1CN=C(c2ccccc2)NC1. The minimum Gasteiger partial charge on any atom is -0.369 e. The van der Waals surface area contributed by atoms with Crippen LogP contribution in [-0.2, 0) is 0 Å². The number of Topliss-reactive ketones (excluding diaryl/α,β-unsaturated/α-hetero) is 1. The number of rotatable bonds is 3. The summed E-state index contributed by atoms with van der Waals surface area (Å²) in [6, 6.07) is 24.0. The van der Waals surface area contributed by atoms with E-state index in [1.165, 1.54) is 0 Å². The molecule has 3 aromatic rings. The topological polar surface area (TPSA) is 41.5 Å². The highest BCUT2D eigenvalue weighted by Crippen LogP contribution is 2.19. The summed E-state index contributed by atoms with van der Waals surface area (Å²) in [4.78, 5) is 17.4. The molecule has 0 radical (unpaired) electrons. The highest BCUT2D eigenvalue weighted by molar-refractivity contribution is 6.04. The predicted octanol–water partition coefficient (Wildman–Crippen LogP) is 3.69. The number of benzene rings is 3. The zero-order valence-electron chi connectivity index (χ0n) is 13.3. The van der Waals surface area contributed by atoms with Gasteiger partial charge >= 0.3 is 0 Å².